The van der Waals surface area contributed by atoms with Crippen LogP contribution in [0.1, 0.15) is 31.0 Å². The minimum absolute atomic E-state index is 0.0734. The van der Waals surface area contributed by atoms with Gasteiger partial charge in [0.1, 0.15) is 0 Å². The second-order valence-corrected chi connectivity index (χ2v) is 5.67. The lowest BCUT2D eigenvalue weighted by Crippen LogP contribution is -2.63. The molecule has 0 saturated carbocycles. The first-order valence-electron chi connectivity index (χ1n) is 6.78. The van der Waals surface area contributed by atoms with Crippen LogP contribution >= 0.6 is 0 Å². The molecule has 1 unspecified atom stereocenters. The molecular formula is C15H23N3O. The lowest BCUT2D eigenvalue weighted by atomic mass is 9.93. The number of benzene rings is 1. The summed E-state index contributed by atoms with van der Waals surface area (Å²) in [6.07, 6.45) is 0. The molecule has 4 nitrogen and oxygen atoms in total. The molecule has 1 saturated heterocycles. The lowest BCUT2D eigenvalue weighted by molar-refractivity contribution is -0.137. The first-order valence-corrected chi connectivity index (χ1v) is 6.78. The zero-order valence-electron chi connectivity index (χ0n) is 11.9. The number of nitrogens with zero attached hydrogens (tertiary/aromatic N) is 1. The molecule has 1 fully saturated rings. The highest BCUT2D eigenvalue weighted by Crippen LogP contribution is 2.29. The second-order valence-electron chi connectivity index (χ2n) is 5.67. The average molecular weight is 261 g/mol. The molecule has 1 aromatic rings. The van der Waals surface area contributed by atoms with Crippen LogP contribution in [0.4, 0.5) is 0 Å². The van der Waals surface area contributed by atoms with Crippen molar-refractivity contribution in [2.45, 2.75) is 32.4 Å². The summed E-state index contributed by atoms with van der Waals surface area (Å²) in [7, 11) is 0. The number of carbonyl (C=O) groups is 1. The minimum atomic E-state index is -0.521. The molecule has 19 heavy (non-hydrogen) atoms. The minimum Gasteiger partial charge on any atom is -0.353 e. The number of rotatable bonds is 3. The summed E-state index contributed by atoms with van der Waals surface area (Å²) in [4.78, 5) is 14.2. The Morgan fingerprint density at radius 2 is 2.00 bits per heavy atom. The van der Waals surface area contributed by atoms with E-state index < -0.39 is 5.54 Å². The second kappa shape index (κ2) is 5.31. The molecule has 1 aliphatic heterocycles. The van der Waals surface area contributed by atoms with Crippen LogP contribution in [0.2, 0.25) is 0 Å². The van der Waals surface area contributed by atoms with Crippen molar-refractivity contribution >= 4 is 5.91 Å². The number of amides is 1. The van der Waals surface area contributed by atoms with E-state index in [1.807, 2.05) is 13.8 Å². The van der Waals surface area contributed by atoms with Crippen LogP contribution < -0.4 is 11.1 Å². The number of hydrogen-bond acceptors (Lipinski definition) is 3. The molecule has 1 atom stereocenters. The van der Waals surface area contributed by atoms with Gasteiger partial charge in [-0.25, -0.2) is 0 Å². The molecule has 0 aliphatic carbocycles. The van der Waals surface area contributed by atoms with Crippen LogP contribution in [-0.4, -0.2) is 36.0 Å². The Kier molecular flexibility index (Phi) is 3.92. The topological polar surface area (TPSA) is 58.4 Å². The van der Waals surface area contributed by atoms with E-state index in [0.717, 1.165) is 6.54 Å². The van der Waals surface area contributed by atoms with Crippen molar-refractivity contribution in [1.82, 2.24) is 10.2 Å². The monoisotopic (exact) mass is 261 g/mol. The molecule has 3 N–H and O–H groups in total. The van der Waals surface area contributed by atoms with Gasteiger partial charge in [-0.1, -0.05) is 29.8 Å². The third-order valence-electron chi connectivity index (χ3n) is 3.97. The van der Waals surface area contributed by atoms with Gasteiger partial charge in [0.05, 0.1) is 5.54 Å². The van der Waals surface area contributed by atoms with Crippen LogP contribution in [0.25, 0.3) is 0 Å². The van der Waals surface area contributed by atoms with Gasteiger partial charge in [-0.15, -0.1) is 0 Å². The van der Waals surface area contributed by atoms with Crippen molar-refractivity contribution in [3.05, 3.63) is 35.4 Å². The maximum absolute atomic E-state index is 12.0. The molecule has 1 aliphatic rings. The van der Waals surface area contributed by atoms with Crippen LogP contribution in [0.5, 0.6) is 0 Å². The first kappa shape index (κ1) is 14.0. The molecule has 1 amide bonds. The van der Waals surface area contributed by atoms with Crippen molar-refractivity contribution in [2.75, 3.05) is 19.6 Å². The largest absolute Gasteiger partial charge is 0.353 e. The van der Waals surface area contributed by atoms with Gasteiger partial charge in [0.2, 0.25) is 5.91 Å². The zero-order valence-corrected chi connectivity index (χ0v) is 11.9. The molecule has 0 bridgehead atoms. The van der Waals surface area contributed by atoms with E-state index in [2.05, 4.69) is 41.4 Å². The summed E-state index contributed by atoms with van der Waals surface area (Å²) >= 11 is 0. The number of carbonyl (C=O) groups excluding carboxylic acids is 1. The van der Waals surface area contributed by atoms with Gasteiger partial charge in [0, 0.05) is 25.7 Å². The fourth-order valence-electron chi connectivity index (χ4n) is 2.69. The Morgan fingerprint density at radius 3 is 2.58 bits per heavy atom. The van der Waals surface area contributed by atoms with E-state index in [1.165, 1.54) is 11.1 Å². The molecule has 104 valence electrons. The predicted molar refractivity (Wildman–Crippen MR) is 76.8 cm³/mol. The number of nitrogens with two attached hydrogens (primary N) is 1. The normalized spacial score (nSPS) is 20.9. The first-order chi connectivity index (χ1) is 8.96. The average Bonchev–Trinajstić information content (AvgIpc) is 2.38. The van der Waals surface area contributed by atoms with Gasteiger partial charge in [-0.3, -0.25) is 9.69 Å². The maximum atomic E-state index is 12.0. The van der Waals surface area contributed by atoms with E-state index in [1.54, 1.807) is 0 Å². The highest BCUT2D eigenvalue weighted by molar-refractivity contribution is 5.86. The Labute approximate surface area is 115 Å². The van der Waals surface area contributed by atoms with E-state index in [4.69, 9.17) is 5.73 Å². The van der Waals surface area contributed by atoms with Crippen LogP contribution in [-0.2, 0) is 4.79 Å². The van der Waals surface area contributed by atoms with Gasteiger partial charge >= 0.3 is 0 Å². The van der Waals surface area contributed by atoms with Gasteiger partial charge in [0.15, 0.2) is 0 Å². The fourth-order valence-corrected chi connectivity index (χ4v) is 2.69. The number of aryl methyl sites for hydroxylation is 1. The summed E-state index contributed by atoms with van der Waals surface area (Å²) in [6, 6.07) is 8.48. The van der Waals surface area contributed by atoms with Crippen molar-refractivity contribution < 1.29 is 4.79 Å². The molecule has 2 rings (SSSR count). The van der Waals surface area contributed by atoms with E-state index in [9.17, 15) is 4.79 Å². The highest BCUT2D eigenvalue weighted by Gasteiger charge is 2.41. The molecular weight excluding hydrogens is 238 g/mol. The van der Waals surface area contributed by atoms with Gasteiger partial charge < -0.3 is 11.1 Å². The number of nitrogens with one attached hydrogen (secondary N) is 1. The molecule has 0 radical (unpaired) electrons. The summed E-state index contributed by atoms with van der Waals surface area (Å²) in [5.41, 5.74) is 7.85. The lowest BCUT2D eigenvalue weighted by Gasteiger charge is -2.45. The van der Waals surface area contributed by atoms with E-state index in [0.29, 0.717) is 13.1 Å². The molecule has 1 aromatic carbocycles. The van der Waals surface area contributed by atoms with Gasteiger partial charge in [-0.05, 0) is 26.3 Å². The van der Waals surface area contributed by atoms with Crippen LogP contribution in [0, 0.1) is 6.92 Å². The van der Waals surface area contributed by atoms with Gasteiger partial charge in [0.25, 0.3) is 0 Å². The van der Waals surface area contributed by atoms with Crippen molar-refractivity contribution in [2.24, 2.45) is 5.73 Å². The fraction of sp³-hybridized carbons (Fsp3) is 0.533. The summed E-state index contributed by atoms with van der Waals surface area (Å²) < 4.78 is 0. The van der Waals surface area contributed by atoms with E-state index >= 15 is 0 Å². The Balaban J connectivity index is 2.30. The quantitative estimate of drug-likeness (QED) is 0.859. The van der Waals surface area contributed by atoms with Crippen molar-refractivity contribution in [3.8, 4) is 0 Å². The summed E-state index contributed by atoms with van der Waals surface area (Å²) in [5.74, 6) is 0.0734. The third kappa shape index (κ3) is 2.65. The Morgan fingerprint density at radius 1 is 1.37 bits per heavy atom. The molecule has 0 aromatic heterocycles. The van der Waals surface area contributed by atoms with E-state index in [-0.39, 0.29) is 11.9 Å². The summed E-state index contributed by atoms with van der Waals surface area (Å²) in [5, 5.41) is 2.92. The smallest absolute Gasteiger partial charge is 0.240 e. The number of hydrogen-bond donors (Lipinski definition) is 2. The maximum Gasteiger partial charge on any atom is 0.240 e. The summed E-state index contributed by atoms with van der Waals surface area (Å²) in [6.45, 7) is 8.01. The molecule has 4 heteroatoms. The molecule has 1 heterocycles. The highest BCUT2D eigenvalue weighted by atomic mass is 16.2. The van der Waals surface area contributed by atoms with Crippen LogP contribution in [0.15, 0.2) is 24.3 Å². The Hall–Kier alpha value is -1.39. The standard InChI is InChI=1S/C15H23N3O/c1-11-4-6-12(7-5-11)13(10-16)18-9-8-17-14(19)15(18,2)3/h4-7,13H,8-10,16H2,1-3H3,(H,17,19). The number of piperazine rings is 1. The van der Waals surface area contributed by atoms with Crippen LogP contribution in [0.3, 0.4) is 0 Å². The molecule has 0 spiro atoms. The Bertz CT molecular complexity index is 453. The third-order valence-corrected chi connectivity index (χ3v) is 3.97. The van der Waals surface area contributed by atoms with Crippen molar-refractivity contribution in [1.29, 1.82) is 0 Å². The van der Waals surface area contributed by atoms with Crippen molar-refractivity contribution in [3.63, 3.8) is 0 Å². The van der Waals surface area contributed by atoms with Gasteiger partial charge in [-0.2, -0.15) is 0 Å². The zero-order chi connectivity index (χ0) is 14.0. The predicted octanol–water partition coefficient (Wildman–Crippen LogP) is 1.21. The SMILES string of the molecule is Cc1ccc(C(CN)N2CCNC(=O)C2(C)C)cc1.